The highest BCUT2D eigenvalue weighted by Gasteiger charge is 1.90. The minimum Gasteiger partial charge on any atom is -0.360 e. The average molecular weight is 237 g/mol. The minimum atomic E-state index is 0.775. The standard InChI is InChI=1S/C7H6N2.C6H5N3/c1-2-6-7(8-4-1)3-5-9-6;1-2-5-6(7-3-1)9-4-8-5/h1-5,9H;1-4H,(H,7,8,9). The van der Waals surface area contributed by atoms with Crippen LogP contribution in [0.2, 0.25) is 0 Å². The Morgan fingerprint density at radius 1 is 0.778 bits per heavy atom. The van der Waals surface area contributed by atoms with E-state index in [9.17, 15) is 0 Å². The summed E-state index contributed by atoms with van der Waals surface area (Å²) in [7, 11) is 0. The number of nitrogens with one attached hydrogen (secondary N) is 2. The van der Waals surface area contributed by atoms with E-state index in [1.807, 2.05) is 36.5 Å². The number of imidazole rings is 1. The molecule has 4 heterocycles. The van der Waals surface area contributed by atoms with Crippen molar-refractivity contribution in [2.24, 2.45) is 0 Å². The van der Waals surface area contributed by atoms with Crippen LogP contribution >= 0.6 is 0 Å². The van der Waals surface area contributed by atoms with Gasteiger partial charge in [-0.3, -0.25) is 4.98 Å². The van der Waals surface area contributed by atoms with Crippen LogP contribution in [0.3, 0.4) is 0 Å². The Morgan fingerprint density at radius 2 is 1.61 bits per heavy atom. The predicted octanol–water partition coefficient (Wildman–Crippen LogP) is 2.52. The summed E-state index contributed by atoms with van der Waals surface area (Å²) in [6.07, 6.45) is 7.04. The number of pyridine rings is 2. The molecule has 4 aromatic heterocycles. The van der Waals surface area contributed by atoms with Crippen LogP contribution in [0.1, 0.15) is 0 Å². The third kappa shape index (κ3) is 2.06. The molecule has 0 aromatic carbocycles. The van der Waals surface area contributed by atoms with Gasteiger partial charge in [0, 0.05) is 18.6 Å². The Bertz CT molecular complexity index is 629. The van der Waals surface area contributed by atoms with E-state index in [-0.39, 0.29) is 0 Å². The first-order valence-corrected chi connectivity index (χ1v) is 5.56. The average Bonchev–Trinajstić information content (AvgIpc) is 3.08. The van der Waals surface area contributed by atoms with E-state index in [4.69, 9.17) is 0 Å². The van der Waals surface area contributed by atoms with Crippen LogP contribution in [-0.4, -0.2) is 24.9 Å². The van der Waals surface area contributed by atoms with Crippen LogP contribution < -0.4 is 0 Å². The Morgan fingerprint density at radius 3 is 2.44 bits per heavy atom. The zero-order valence-electron chi connectivity index (χ0n) is 9.54. The van der Waals surface area contributed by atoms with Gasteiger partial charge >= 0.3 is 0 Å². The Labute approximate surface area is 103 Å². The van der Waals surface area contributed by atoms with Crippen LogP contribution in [0, 0.1) is 0 Å². The summed E-state index contributed by atoms with van der Waals surface area (Å²) < 4.78 is 0. The third-order valence-electron chi connectivity index (χ3n) is 2.51. The van der Waals surface area contributed by atoms with Gasteiger partial charge in [0.05, 0.1) is 22.9 Å². The molecule has 0 aliphatic rings. The van der Waals surface area contributed by atoms with Gasteiger partial charge in [-0.15, -0.1) is 0 Å². The highest BCUT2D eigenvalue weighted by atomic mass is 14.9. The largest absolute Gasteiger partial charge is 0.360 e. The highest BCUT2D eigenvalue weighted by Crippen LogP contribution is 2.05. The van der Waals surface area contributed by atoms with Gasteiger partial charge < -0.3 is 9.97 Å². The summed E-state index contributed by atoms with van der Waals surface area (Å²) in [5.74, 6) is 0. The van der Waals surface area contributed by atoms with Crippen molar-refractivity contribution in [3.8, 4) is 0 Å². The molecule has 5 heteroatoms. The van der Waals surface area contributed by atoms with Crippen molar-refractivity contribution in [2.75, 3.05) is 0 Å². The molecule has 0 amide bonds. The fourth-order valence-corrected chi connectivity index (χ4v) is 1.66. The first-order valence-electron chi connectivity index (χ1n) is 5.56. The van der Waals surface area contributed by atoms with Crippen LogP contribution in [0.25, 0.3) is 22.2 Å². The van der Waals surface area contributed by atoms with E-state index < -0.39 is 0 Å². The topological polar surface area (TPSA) is 70.2 Å². The molecule has 0 saturated carbocycles. The maximum Gasteiger partial charge on any atom is 0.177 e. The van der Waals surface area contributed by atoms with Crippen molar-refractivity contribution in [1.82, 2.24) is 24.9 Å². The first kappa shape index (κ1) is 10.5. The minimum absolute atomic E-state index is 0.775. The second-order valence-corrected chi connectivity index (χ2v) is 3.69. The lowest BCUT2D eigenvalue weighted by molar-refractivity contribution is 1.30. The Balaban J connectivity index is 0.000000111. The van der Waals surface area contributed by atoms with Crippen molar-refractivity contribution in [1.29, 1.82) is 0 Å². The molecular formula is C13H11N5. The van der Waals surface area contributed by atoms with E-state index in [0.29, 0.717) is 0 Å². The lowest BCUT2D eigenvalue weighted by Crippen LogP contribution is -1.71. The number of hydrogen-bond donors (Lipinski definition) is 2. The molecule has 2 N–H and O–H groups in total. The molecule has 18 heavy (non-hydrogen) atoms. The van der Waals surface area contributed by atoms with E-state index in [2.05, 4.69) is 24.9 Å². The number of aromatic nitrogens is 5. The van der Waals surface area contributed by atoms with Gasteiger partial charge in [-0.25, -0.2) is 9.97 Å². The van der Waals surface area contributed by atoms with Gasteiger partial charge in [-0.2, -0.15) is 0 Å². The van der Waals surface area contributed by atoms with Crippen molar-refractivity contribution in [3.63, 3.8) is 0 Å². The smallest absolute Gasteiger partial charge is 0.177 e. The molecule has 4 rings (SSSR count). The van der Waals surface area contributed by atoms with E-state index in [1.165, 1.54) is 0 Å². The molecule has 5 nitrogen and oxygen atoms in total. The molecule has 0 atom stereocenters. The molecule has 0 fully saturated rings. The predicted molar refractivity (Wildman–Crippen MR) is 70.0 cm³/mol. The number of fused-ring (bicyclic) bond motifs is 2. The van der Waals surface area contributed by atoms with Gasteiger partial charge in [-0.1, -0.05) is 0 Å². The maximum absolute atomic E-state index is 4.11. The van der Waals surface area contributed by atoms with Gasteiger partial charge in [0.1, 0.15) is 0 Å². The van der Waals surface area contributed by atoms with E-state index in [1.54, 1.807) is 18.7 Å². The second-order valence-electron chi connectivity index (χ2n) is 3.69. The van der Waals surface area contributed by atoms with Crippen molar-refractivity contribution >= 4 is 22.2 Å². The van der Waals surface area contributed by atoms with E-state index in [0.717, 1.165) is 22.2 Å². The molecule has 0 spiro atoms. The lowest BCUT2D eigenvalue weighted by Gasteiger charge is -1.82. The normalized spacial score (nSPS) is 10.2. The summed E-state index contributed by atoms with van der Waals surface area (Å²) in [5.41, 5.74) is 3.88. The van der Waals surface area contributed by atoms with Crippen LogP contribution in [-0.2, 0) is 0 Å². The van der Waals surface area contributed by atoms with Crippen molar-refractivity contribution < 1.29 is 0 Å². The molecular weight excluding hydrogens is 226 g/mol. The number of aromatic amines is 2. The number of H-pyrrole nitrogens is 2. The maximum atomic E-state index is 4.11. The van der Waals surface area contributed by atoms with Crippen LogP contribution in [0.4, 0.5) is 0 Å². The molecule has 0 aliphatic heterocycles. The van der Waals surface area contributed by atoms with Gasteiger partial charge in [-0.05, 0) is 30.3 Å². The molecule has 88 valence electrons. The Kier molecular flexibility index (Phi) is 2.71. The molecule has 0 aliphatic carbocycles. The molecule has 0 unspecified atom stereocenters. The number of rotatable bonds is 0. The molecule has 0 radical (unpaired) electrons. The molecule has 0 saturated heterocycles. The summed E-state index contributed by atoms with van der Waals surface area (Å²) in [6.45, 7) is 0. The SMILES string of the molecule is c1cnc2cc[nH]c2c1.c1cnc2nc[nH]c2c1. The Hall–Kier alpha value is -2.69. The fraction of sp³-hybridized carbons (Fsp3) is 0. The summed E-state index contributed by atoms with van der Waals surface area (Å²) in [4.78, 5) is 18.1. The van der Waals surface area contributed by atoms with Gasteiger partial charge in [0.25, 0.3) is 0 Å². The van der Waals surface area contributed by atoms with E-state index >= 15 is 0 Å². The number of nitrogens with zero attached hydrogens (tertiary/aromatic N) is 3. The van der Waals surface area contributed by atoms with Crippen molar-refractivity contribution in [3.05, 3.63) is 55.2 Å². The quantitative estimate of drug-likeness (QED) is 0.493. The van der Waals surface area contributed by atoms with Gasteiger partial charge in [0.15, 0.2) is 5.65 Å². The van der Waals surface area contributed by atoms with Crippen molar-refractivity contribution in [2.45, 2.75) is 0 Å². The first-order chi connectivity index (χ1) is 8.93. The summed E-state index contributed by atoms with van der Waals surface area (Å²) >= 11 is 0. The highest BCUT2D eigenvalue weighted by molar-refractivity contribution is 5.73. The summed E-state index contributed by atoms with van der Waals surface area (Å²) in [5, 5.41) is 0. The zero-order valence-corrected chi connectivity index (χ0v) is 9.54. The monoisotopic (exact) mass is 237 g/mol. The van der Waals surface area contributed by atoms with Gasteiger partial charge in [0.2, 0.25) is 0 Å². The van der Waals surface area contributed by atoms with Crippen LogP contribution in [0.5, 0.6) is 0 Å². The lowest BCUT2D eigenvalue weighted by atomic mass is 10.4. The zero-order chi connectivity index (χ0) is 12.2. The molecule has 4 aromatic rings. The second kappa shape index (κ2) is 4.67. The summed E-state index contributed by atoms with van der Waals surface area (Å²) in [6, 6.07) is 9.69. The molecule has 0 bridgehead atoms. The van der Waals surface area contributed by atoms with Crippen LogP contribution in [0.15, 0.2) is 55.2 Å². The fourth-order valence-electron chi connectivity index (χ4n) is 1.66. The third-order valence-corrected chi connectivity index (χ3v) is 2.51. The number of hydrogen-bond acceptors (Lipinski definition) is 3.